The zero-order chi connectivity index (χ0) is 24.0. The Labute approximate surface area is 197 Å². The Morgan fingerprint density at radius 2 is 1.91 bits per heavy atom. The average Bonchev–Trinajstić information content (AvgIpc) is 2.74. The Hall–Kier alpha value is -2.85. The van der Waals surface area contributed by atoms with Crippen LogP contribution in [0.4, 0.5) is 11.5 Å². The monoisotopic (exact) mass is 448 g/mol. The zero-order valence-electron chi connectivity index (χ0n) is 20.5. The Bertz CT molecular complexity index is 1080. The largest absolute Gasteiger partial charge is 0.488 e. The number of nitrogen functional groups attached to an aromatic ring is 1. The highest BCUT2D eigenvalue weighted by atomic mass is 16.5. The minimum Gasteiger partial charge on any atom is -0.488 e. The van der Waals surface area contributed by atoms with Crippen molar-refractivity contribution in [2.75, 3.05) is 24.2 Å². The van der Waals surface area contributed by atoms with Gasteiger partial charge in [0.15, 0.2) is 0 Å². The van der Waals surface area contributed by atoms with Gasteiger partial charge in [-0.2, -0.15) is 5.26 Å². The summed E-state index contributed by atoms with van der Waals surface area (Å²) >= 11 is 0. The number of nitrogens with two attached hydrogens (primary N) is 2. The van der Waals surface area contributed by atoms with Gasteiger partial charge in [0.25, 0.3) is 0 Å². The van der Waals surface area contributed by atoms with Crippen molar-refractivity contribution in [3.63, 3.8) is 0 Å². The molecule has 2 aliphatic rings. The summed E-state index contributed by atoms with van der Waals surface area (Å²) in [5.74, 6) is 1.40. The molecule has 33 heavy (non-hydrogen) atoms. The molecule has 0 aliphatic heterocycles. The number of hydrogen-bond donors (Lipinski definition) is 2. The molecule has 2 aliphatic carbocycles. The normalized spacial score (nSPS) is 21.5. The molecule has 7 nitrogen and oxygen atoms in total. The fourth-order valence-electron chi connectivity index (χ4n) is 5.42. The maximum atomic E-state index is 9.68. The predicted molar refractivity (Wildman–Crippen MR) is 132 cm³/mol. The lowest BCUT2D eigenvalue weighted by atomic mass is 9.71. The van der Waals surface area contributed by atoms with E-state index < -0.39 is 5.41 Å². The molecule has 1 aromatic carbocycles. The lowest BCUT2D eigenvalue weighted by Gasteiger charge is -2.38. The fraction of sp³-hybridized carbons (Fsp3) is 0.577. The second-order valence-electron chi connectivity index (χ2n) is 11.0. The molecule has 176 valence electrons. The molecule has 1 saturated carbocycles. The van der Waals surface area contributed by atoms with Crippen LogP contribution in [0.1, 0.15) is 64.5 Å². The smallest absolute Gasteiger partial charge is 0.143 e. The van der Waals surface area contributed by atoms with E-state index in [1.165, 1.54) is 11.9 Å². The summed E-state index contributed by atoms with van der Waals surface area (Å²) in [5.41, 5.74) is 16.9. The summed E-state index contributed by atoms with van der Waals surface area (Å²) < 4.78 is 6.61. The number of nitrogens with zero attached hydrogens (tertiary/aromatic N) is 4. The molecule has 0 saturated heterocycles. The van der Waals surface area contributed by atoms with Gasteiger partial charge in [-0.3, -0.25) is 0 Å². The Morgan fingerprint density at radius 3 is 2.58 bits per heavy atom. The first-order valence-corrected chi connectivity index (χ1v) is 11.8. The van der Waals surface area contributed by atoms with Crippen LogP contribution in [0.3, 0.4) is 0 Å². The summed E-state index contributed by atoms with van der Waals surface area (Å²) in [7, 11) is 2.05. The van der Waals surface area contributed by atoms with Gasteiger partial charge in [-0.1, -0.05) is 13.8 Å². The molecular weight excluding hydrogens is 412 g/mol. The molecule has 4 rings (SSSR count). The van der Waals surface area contributed by atoms with Crippen LogP contribution in [0.2, 0.25) is 0 Å². The number of anilines is 2. The van der Waals surface area contributed by atoms with Gasteiger partial charge >= 0.3 is 0 Å². The number of rotatable bonds is 5. The maximum absolute atomic E-state index is 9.68. The van der Waals surface area contributed by atoms with Gasteiger partial charge in [0.1, 0.15) is 17.9 Å². The van der Waals surface area contributed by atoms with E-state index in [4.69, 9.17) is 16.2 Å². The van der Waals surface area contributed by atoms with E-state index in [9.17, 15) is 5.26 Å². The molecule has 0 bridgehead atoms. The molecule has 2 aromatic rings. The summed E-state index contributed by atoms with van der Waals surface area (Å²) in [4.78, 5) is 11.1. The minimum absolute atomic E-state index is 0.154. The van der Waals surface area contributed by atoms with Gasteiger partial charge < -0.3 is 21.1 Å². The van der Waals surface area contributed by atoms with Crippen molar-refractivity contribution < 1.29 is 4.74 Å². The highest BCUT2D eigenvalue weighted by Crippen LogP contribution is 2.49. The topological polar surface area (TPSA) is 114 Å². The second kappa shape index (κ2) is 8.49. The minimum atomic E-state index is -0.499. The molecule has 1 heterocycles. The van der Waals surface area contributed by atoms with Gasteiger partial charge in [0.2, 0.25) is 0 Å². The third-order valence-electron chi connectivity index (χ3n) is 7.00. The lowest BCUT2D eigenvalue weighted by molar-refractivity contribution is 0.147. The fourth-order valence-corrected chi connectivity index (χ4v) is 5.42. The molecule has 7 heteroatoms. The molecule has 0 amide bonds. The van der Waals surface area contributed by atoms with Crippen molar-refractivity contribution in [1.29, 1.82) is 5.26 Å². The van der Waals surface area contributed by atoms with Crippen LogP contribution >= 0.6 is 0 Å². The number of fused-ring (bicyclic) bond motifs is 3. The van der Waals surface area contributed by atoms with Crippen LogP contribution in [0.25, 0.3) is 11.3 Å². The van der Waals surface area contributed by atoms with E-state index in [1.54, 1.807) is 0 Å². The standard InChI is InChI=1S/C26H36N6O/c1-25(2,13-27)14-32(5)23-19-12-26(3,4)21-22(30-15-31-24(21)29)18(19)10-11-20(23)33-17-8-6-16(28)7-9-17/h10-11,15-17H,6-9,12,14,28H2,1-5H3,(H2,29,30,31). The van der Waals surface area contributed by atoms with Crippen molar-refractivity contribution in [2.45, 2.75) is 77.4 Å². The second-order valence-corrected chi connectivity index (χ2v) is 11.0. The van der Waals surface area contributed by atoms with Crippen LogP contribution < -0.4 is 21.1 Å². The predicted octanol–water partition coefficient (Wildman–Crippen LogP) is 4.19. The number of ether oxygens (including phenoxy) is 1. The van der Waals surface area contributed by atoms with Crippen LogP contribution in [-0.2, 0) is 11.8 Å². The summed E-state index contributed by atoms with van der Waals surface area (Å²) in [6, 6.07) is 6.86. The molecule has 1 aromatic heterocycles. The number of hydrogen-bond acceptors (Lipinski definition) is 7. The highest BCUT2D eigenvalue weighted by Gasteiger charge is 2.38. The van der Waals surface area contributed by atoms with Gasteiger partial charge in [-0.25, -0.2) is 9.97 Å². The van der Waals surface area contributed by atoms with Crippen molar-refractivity contribution in [2.24, 2.45) is 11.1 Å². The van der Waals surface area contributed by atoms with E-state index in [2.05, 4.69) is 54.0 Å². The lowest BCUT2D eigenvalue weighted by Crippen LogP contribution is -2.35. The SMILES string of the molecule is CN(CC(C)(C)C#N)c1c(OC2CCC(N)CC2)ccc2c1CC(C)(C)c1c(N)ncnc1-2. The molecule has 0 spiro atoms. The Balaban J connectivity index is 1.84. The third-order valence-corrected chi connectivity index (χ3v) is 7.00. The summed E-state index contributed by atoms with van der Waals surface area (Å²) in [6.07, 6.45) is 6.37. The third kappa shape index (κ3) is 4.49. The van der Waals surface area contributed by atoms with E-state index in [1.807, 2.05) is 13.8 Å². The van der Waals surface area contributed by atoms with Gasteiger partial charge in [0.05, 0.1) is 29.0 Å². The number of aromatic nitrogens is 2. The van der Waals surface area contributed by atoms with Crippen molar-refractivity contribution in [3.8, 4) is 23.1 Å². The van der Waals surface area contributed by atoms with Crippen molar-refractivity contribution in [1.82, 2.24) is 9.97 Å². The zero-order valence-corrected chi connectivity index (χ0v) is 20.5. The quantitative estimate of drug-likeness (QED) is 0.705. The first-order chi connectivity index (χ1) is 15.5. The molecule has 1 fully saturated rings. The molecule has 0 unspecified atom stereocenters. The molecule has 0 atom stereocenters. The average molecular weight is 449 g/mol. The van der Waals surface area contributed by atoms with Crippen molar-refractivity contribution in [3.05, 3.63) is 29.6 Å². The maximum Gasteiger partial charge on any atom is 0.143 e. The number of nitriles is 1. The van der Waals surface area contributed by atoms with E-state index in [0.717, 1.165) is 60.4 Å². The van der Waals surface area contributed by atoms with Gasteiger partial charge in [0, 0.05) is 30.8 Å². The first-order valence-electron chi connectivity index (χ1n) is 11.8. The van der Waals surface area contributed by atoms with E-state index in [0.29, 0.717) is 12.4 Å². The summed E-state index contributed by atoms with van der Waals surface area (Å²) in [6.45, 7) is 8.90. The van der Waals surface area contributed by atoms with Crippen molar-refractivity contribution >= 4 is 11.5 Å². The Morgan fingerprint density at radius 1 is 1.21 bits per heavy atom. The van der Waals surface area contributed by atoms with Gasteiger partial charge in [-0.15, -0.1) is 0 Å². The van der Waals surface area contributed by atoms with Crippen LogP contribution in [0.5, 0.6) is 5.75 Å². The number of benzene rings is 1. The van der Waals surface area contributed by atoms with Crippen LogP contribution in [0, 0.1) is 16.7 Å². The first kappa shape index (κ1) is 23.3. The van der Waals surface area contributed by atoms with E-state index >= 15 is 0 Å². The van der Waals surface area contributed by atoms with Gasteiger partial charge in [-0.05, 0) is 69.1 Å². The van der Waals surface area contributed by atoms with E-state index in [-0.39, 0.29) is 17.6 Å². The van der Waals surface area contributed by atoms with Crippen LogP contribution in [0.15, 0.2) is 18.5 Å². The Kier molecular flexibility index (Phi) is 6.00. The molecular formula is C26H36N6O. The highest BCUT2D eigenvalue weighted by molar-refractivity contribution is 5.83. The molecule has 0 radical (unpaired) electrons. The summed E-state index contributed by atoms with van der Waals surface area (Å²) in [5, 5.41) is 9.68. The van der Waals surface area contributed by atoms with Crippen LogP contribution in [-0.4, -0.2) is 35.7 Å². The molecule has 4 N–H and O–H groups in total.